The molecule has 0 aromatic carbocycles. The Bertz CT molecular complexity index is 174. The van der Waals surface area contributed by atoms with Crippen molar-refractivity contribution >= 4 is 25.6 Å². The molecule has 0 aromatic rings. The lowest BCUT2D eigenvalue weighted by atomic mass is 10.4. The van der Waals surface area contributed by atoms with Gasteiger partial charge < -0.3 is 5.32 Å². The van der Waals surface area contributed by atoms with Crippen molar-refractivity contribution in [2.75, 3.05) is 0 Å². The first kappa shape index (κ1) is 16.2. The zero-order valence-corrected chi connectivity index (χ0v) is 10.8. The summed E-state index contributed by atoms with van der Waals surface area (Å²) in [4.78, 5) is 8.20. The zero-order chi connectivity index (χ0) is 11.6. The van der Waals surface area contributed by atoms with Gasteiger partial charge in [-0.2, -0.15) is 4.52 Å². The van der Waals surface area contributed by atoms with Crippen LogP contribution in [0.25, 0.3) is 0 Å². The first-order chi connectivity index (χ1) is 6.43. The summed E-state index contributed by atoms with van der Waals surface area (Å²) in [6.45, 7) is 8.06. The Hall–Kier alpha value is -0.250. The van der Waals surface area contributed by atoms with Crippen LogP contribution in [0.3, 0.4) is 0 Å². The van der Waals surface area contributed by atoms with Gasteiger partial charge in [0.05, 0.1) is 0 Å². The quantitative estimate of drug-likeness (QED) is 0.586. The van der Waals surface area contributed by atoms with Gasteiger partial charge in [0, 0.05) is 10.6 Å². The third-order valence-corrected chi connectivity index (χ3v) is 1.73. The van der Waals surface area contributed by atoms with Crippen molar-refractivity contribution in [2.24, 2.45) is 0 Å². The third kappa shape index (κ3) is 17.7. The van der Waals surface area contributed by atoms with Crippen molar-refractivity contribution in [3.05, 3.63) is 0 Å². The summed E-state index contributed by atoms with van der Waals surface area (Å²) < 4.78 is 14.2. The van der Waals surface area contributed by atoms with E-state index >= 15 is 0 Å². The minimum absolute atomic E-state index is 0.0430. The Balaban J connectivity index is 0. The van der Waals surface area contributed by atoms with E-state index in [2.05, 4.69) is 35.9 Å². The number of hydrogen-bond acceptors (Lipinski definition) is 3. The molecule has 1 atom stereocenters. The molecule has 0 bridgehead atoms. The average molecular weight is 240 g/mol. The van der Waals surface area contributed by atoms with Gasteiger partial charge in [-0.05, 0) is 26.1 Å². The monoisotopic (exact) mass is 240 g/mol. The second-order valence-corrected chi connectivity index (χ2v) is 3.94. The molecule has 84 valence electrons. The molecule has 1 unspecified atom stereocenters. The molecule has 0 fully saturated rings. The molecule has 6 heteroatoms. The van der Waals surface area contributed by atoms with E-state index in [1.807, 2.05) is 13.8 Å². The van der Waals surface area contributed by atoms with Gasteiger partial charge in [-0.3, -0.25) is 0 Å². The van der Waals surface area contributed by atoms with Gasteiger partial charge in [-0.25, -0.2) is 0 Å². The normalized spacial score (nSPS) is 10.0. The van der Waals surface area contributed by atoms with E-state index in [1.165, 1.54) is 12.8 Å². The Labute approximate surface area is 92.0 Å². The molecule has 0 saturated heterocycles. The molecular formula is C8H19NO3PS+. The summed E-state index contributed by atoms with van der Waals surface area (Å²) in [7, 11) is -2.62. The molecule has 0 heterocycles. The molecule has 0 aliphatic rings. The second kappa shape index (κ2) is 10.8. The average Bonchev–Trinajstić information content (AvgIpc) is 2.01. The van der Waals surface area contributed by atoms with E-state index in [0.29, 0.717) is 0 Å². The lowest BCUT2D eigenvalue weighted by Crippen LogP contribution is -2.28. The molecule has 0 amide bonds. The summed E-state index contributed by atoms with van der Waals surface area (Å²) in [5.74, 6) is 0. The Morgan fingerprint density at radius 3 is 2.14 bits per heavy atom. The van der Waals surface area contributed by atoms with E-state index in [9.17, 15) is 4.57 Å². The van der Waals surface area contributed by atoms with E-state index in [0.717, 1.165) is 0 Å². The van der Waals surface area contributed by atoms with Gasteiger partial charge in [0.2, 0.25) is 0 Å². The van der Waals surface area contributed by atoms with Gasteiger partial charge in [0.15, 0.2) is 0 Å². The molecule has 4 nitrogen and oxygen atoms in total. The van der Waals surface area contributed by atoms with E-state index < -0.39 is 8.25 Å². The maximum atomic E-state index is 9.99. The van der Waals surface area contributed by atoms with Crippen LogP contribution in [0.5, 0.6) is 0 Å². The lowest BCUT2D eigenvalue weighted by molar-refractivity contribution is 0.400. The highest BCUT2D eigenvalue weighted by Crippen LogP contribution is 2.14. The van der Waals surface area contributed by atoms with Crippen molar-refractivity contribution in [1.29, 1.82) is 0 Å². The Morgan fingerprint density at radius 1 is 1.50 bits per heavy atom. The highest BCUT2D eigenvalue weighted by atomic mass is 32.1. The van der Waals surface area contributed by atoms with Crippen molar-refractivity contribution in [1.82, 2.24) is 5.32 Å². The van der Waals surface area contributed by atoms with E-state index in [4.69, 9.17) is 4.89 Å². The first-order valence-electron chi connectivity index (χ1n) is 4.58. The van der Waals surface area contributed by atoms with Crippen LogP contribution < -0.4 is 5.32 Å². The minimum atomic E-state index is -2.62. The third-order valence-electron chi connectivity index (χ3n) is 1.07. The highest BCUT2D eigenvalue weighted by molar-refractivity contribution is 7.80. The van der Waals surface area contributed by atoms with Gasteiger partial charge in [0.25, 0.3) is 0 Å². The molecule has 0 aliphatic carbocycles. The fourth-order valence-corrected chi connectivity index (χ4v) is 0.955. The van der Waals surface area contributed by atoms with Crippen molar-refractivity contribution in [2.45, 2.75) is 46.6 Å². The lowest BCUT2D eigenvalue weighted by Gasteiger charge is -2.03. The molecule has 0 spiro atoms. The molecular weight excluding hydrogens is 221 g/mol. The highest BCUT2D eigenvalue weighted by Gasteiger charge is 2.16. The Morgan fingerprint density at radius 2 is 1.93 bits per heavy atom. The van der Waals surface area contributed by atoms with Gasteiger partial charge >= 0.3 is 13.4 Å². The van der Waals surface area contributed by atoms with Gasteiger partial charge in [-0.1, -0.05) is 26.7 Å². The van der Waals surface area contributed by atoms with Crippen molar-refractivity contribution < 1.29 is 14.0 Å². The molecule has 0 aliphatic heterocycles. The van der Waals surface area contributed by atoms with E-state index in [1.54, 1.807) is 0 Å². The number of nitrogens with one attached hydrogen (secondary N) is 1. The number of unbranched alkanes of at least 4 members (excludes halogenated alkanes) is 1. The van der Waals surface area contributed by atoms with Crippen LogP contribution in [0.4, 0.5) is 0 Å². The van der Waals surface area contributed by atoms with Crippen LogP contribution >= 0.6 is 20.5 Å². The minimum Gasteiger partial charge on any atom is -0.340 e. The van der Waals surface area contributed by atoms with E-state index in [-0.39, 0.29) is 11.2 Å². The predicted octanol–water partition coefficient (Wildman–Crippen LogP) is 2.74. The predicted molar refractivity (Wildman–Crippen MR) is 62.4 cm³/mol. The maximum Gasteiger partial charge on any atom is 0.749 e. The smallest absolute Gasteiger partial charge is 0.340 e. The Kier molecular flexibility index (Phi) is 12.5. The molecule has 2 N–H and O–H groups in total. The molecule has 0 rings (SSSR count). The van der Waals surface area contributed by atoms with Crippen molar-refractivity contribution in [3.8, 4) is 0 Å². The fourth-order valence-electron chi connectivity index (χ4n) is 0.333. The fraction of sp³-hybridized carbons (Fsp3) is 0.875. The standard InChI is InChI=1S/C4H8NO3PS.C4H10/c1-3(2)5-4(10)8-9(6)7;1-3-4-2/h3H,1-2H3,(H-,5,6,7,10);3-4H2,1-2H3/p+1. The summed E-state index contributed by atoms with van der Waals surface area (Å²) in [6, 6.07) is 0.113. The van der Waals surface area contributed by atoms with Crippen LogP contribution in [0.1, 0.15) is 40.5 Å². The second-order valence-electron chi connectivity index (χ2n) is 2.92. The number of hydrogen-bond donors (Lipinski definition) is 2. The molecule has 0 radical (unpaired) electrons. The van der Waals surface area contributed by atoms with Crippen molar-refractivity contribution in [3.63, 3.8) is 0 Å². The van der Waals surface area contributed by atoms with Crippen LogP contribution in [0.2, 0.25) is 0 Å². The molecule has 0 aromatic heterocycles. The largest absolute Gasteiger partial charge is 0.749 e. The number of thiocarbonyl (C=S) groups is 1. The summed E-state index contributed by atoms with van der Waals surface area (Å²) in [6.07, 6.45) is 2.64. The van der Waals surface area contributed by atoms with Crippen LogP contribution in [-0.4, -0.2) is 16.1 Å². The zero-order valence-electron chi connectivity index (χ0n) is 9.11. The topological polar surface area (TPSA) is 58.6 Å². The van der Waals surface area contributed by atoms with Crippen LogP contribution in [0, 0.1) is 0 Å². The summed E-state index contributed by atoms with van der Waals surface area (Å²) in [5, 5.41) is 2.60. The summed E-state index contributed by atoms with van der Waals surface area (Å²) >= 11 is 4.53. The SMILES string of the molecule is CC(C)NC(=S)O[P+](=O)O.CCCC. The van der Waals surface area contributed by atoms with Crippen LogP contribution in [0.15, 0.2) is 0 Å². The van der Waals surface area contributed by atoms with Crippen LogP contribution in [-0.2, 0) is 9.09 Å². The first-order valence-corrected chi connectivity index (χ1v) is 6.12. The number of rotatable bonds is 3. The summed E-state index contributed by atoms with van der Waals surface area (Å²) in [5.41, 5.74) is 0. The molecule has 0 saturated carbocycles. The van der Waals surface area contributed by atoms with Gasteiger partial charge in [0.1, 0.15) is 0 Å². The molecule has 14 heavy (non-hydrogen) atoms. The van der Waals surface area contributed by atoms with Gasteiger partial charge in [-0.15, -0.1) is 4.89 Å². The maximum absolute atomic E-state index is 9.99.